The van der Waals surface area contributed by atoms with Gasteiger partial charge in [-0.3, -0.25) is 4.79 Å². The first kappa shape index (κ1) is 34.0. The molecule has 0 fully saturated rings. The fourth-order valence-electron chi connectivity index (χ4n) is 5.38. The number of sulfone groups is 1. The molecule has 246 valence electrons. The van der Waals surface area contributed by atoms with E-state index < -0.39 is 27.4 Å². The second-order valence-corrected chi connectivity index (χ2v) is 13.6. The topological polar surface area (TPSA) is 124 Å². The SMILES string of the molecule is COc1cccc([C@H]2OC(c3ccc(OCCCO)cc3)=N[C@@]2(CCS(=O)(=O)c2ccccc2)C(=O)NCCc2cccc(Cl)c2)c1. The maximum Gasteiger partial charge on any atom is 0.252 e. The van der Waals surface area contributed by atoms with Crippen LogP contribution in [-0.2, 0) is 25.8 Å². The highest BCUT2D eigenvalue weighted by Gasteiger charge is 2.53. The van der Waals surface area contributed by atoms with Crippen LogP contribution in [0.25, 0.3) is 0 Å². The van der Waals surface area contributed by atoms with E-state index in [0.29, 0.717) is 47.1 Å². The Hall–Kier alpha value is -4.38. The van der Waals surface area contributed by atoms with Gasteiger partial charge in [0.2, 0.25) is 5.90 Å². The van der Waals surface area contributed by atoms with E-state index in [-0.39, 0.29) is 36.1 Å². The first-order chi connectivity index (χ1) is 22.7. The number of rotatable bonds is 15. The average molecular weight is 677 g/mol. The lowest BCUT2D eigenvalue weighted by atomic mass is 9.85. The summed E-state index contributed by atoms with van der Waals surface area (Å²) in [4.78, 5) is 19.5. The number of nitrogens with one attached hydrogen (secondary N) is 1. The Labute approximate surface area is 280 Å². The van der Waals surface area contributed by atoms with Crippen molar-refractivity contribution >= 4 is 33.2 Å². The molecule has 1 aliphatic rings. The Bertz CT molecular complexity index is 1800. The molecule has 0 radical (unpaired) electrons. The fourth-order valence-corrected chi connectivity index (χ4v) is 6.98. The summed E-state index contributed by atoms with van der Waals surface area (Å²) in [5.41, 5.74) is 0.492. The van der Waals surface area contributed by atoms with Crippen LogP contribution in [0.4, 0.5) is 0 Å². The molecule has 0 saturated heterocycles. The summed E-state index contributed by atoms with van der Waals surface area (Å²) in [6, 6.07) is 29.7. The minimum Gasteiger partial charge on any atom is -0.497 e. The van der Waals surface area contributed by atoms with Gasteiger partial charge in [0, 0.05) is 36.6 Å². The Kier molecular flexibility index (Phi) is 11.2. The molecule has 4 aromatic carbocycles. The number of methoxy groups -OCH3 is 1. The van der Waals surface area contributed by atoms with Crippen molar-refractivity contribution in [3.05, 3.63) is 125 Å². The number of ether oxygens (including phenoxy) is 3. The second-order valence-electron chi connectivity index (χ2n) is 11.1. The van der Waals surface area contributed by atoms with Gasteiger partial charge in [-0.15, -0.1) is 0 Å². The molecule has 11 heteroatoms. The molecule has 9 nitrogen and oxygen atoms in total. The second kappa shape index (κ2) is 15.5. The molecule has 1 heterocycles. The van der Waals surface area contributed by atoms with Gasteiger partial charge in [-0.05, 0) is 78.2 Å². The summed E-state index contributed by atoms with van der Waals surface area (Å²) in [6.45, 7) is 0.652. The van der Waals surface area contributed by atoms with Crippen LogP contribution in [0.3, 0.4) is 0 Å². The predicted molar refractivity (Wildman–Crippen MR) is 181 cm³/mol. The molecule has 0 aromatic heterocycles. The summed E-state index contributed by atoms with van der Waals surface area (Å²) in [7, 11) is -2.24. The molecule has 1 aliphatic heterocycles. The van der Waals surface area contributed by atoms with E-state index in [1.165, 1.54) is 12.1 Å². The normalized spacial score (nSPS) is 17.4. The quantitative estimate of drug-likeness (QED) is 0.157. The van der Waals surface area contributed by atoms with E-state index in [1.54, 1.807) is 73.8 Å². The van der Waals surface area contributed by atoms with Gasteiger partial charge in [-0.25, -0.2) is 13.4 Å². The molecule has 0 unspecified atom stereocenters. The molecule has 2 N–H and O–H groups in total. The number of hydrogen-bond donors (Lipinski definition) is 2. The van der Waals surface area contributed by atoms with Crippen LogP contribution in [-0.4, -0.2) is 63.5 Å². The lowest BCUT2D eigenvalue weighted by Gasteiger charge is -2.30. The van der Waals surface area contributed by atoms with Crippen molar-refractivity contribution in [1.82, 2.24) is 5.32 Å². The van der Waals surface area contributed by atoms with Gasteiger partial charge in [-0.2, -0.15) is 0 Å². The molecule has 0 spiro atoms. The number of aliphatic imine (C=N–C) groups is 1. The lowest BCUT2D eigenvalue weighted by Crippen LogP contribution is -2.49. The predicted octanol–water partition coefficient (Wildman–Crippen LogP) is 5.59. The first-order valence-electron chi connectivity index (χ1n) is 15.3. The molecule has 5 rings (SSSR count). The van der Waals surface area contributed by atoms with E-state index in [4.69, 9.17) is 35.9 Å². The number of amides is 1. The van der Waals surface area contributed by atoms with Crippen LogP contribution >= 0.6 is 11.6 Å². The third-order valence-electron chi connectivity index (χ3n) is 7.87. The molecule has 4 aromatic rings. The average Bonchev–Trinajstić information content (AvgIpc) is 3.49. The number of carbonyl (C=O) groups excluding carboxylic acids is 1. The van der Waals surface area contributed by atoms with Crippen LogP contribution in [0, 0.1) is 0 Å². The summed E-state index contributed by atoms with van der Waals surface area (Å²) < 4.78 is 44.7. The molecular weight excluding hydrogens is 640 g/mol. The zero-order valence-corrected chi connectivity index (χ0v) is 27.5. The van der Waals surface area contributed by atoms with Gasteiger partial charge in [0.1, 0.15) is 11.5 Å². The minimum atomic E-state index is -3.78. The molecule has 2 atom stereocenters. The smallest absolute Gasteiger partial charge is 0.252 e. The van der Waals surface area contributed by atoms with Crippen molar-refractivity contribution in [3.63, 3.8) is 0 Å². The van der Waals surface area contributed by atoms with E-state index in [1.807, 2.05) is 24.3 Å². The Balaban J connectivity index is 1.53. The van der Waals surface area contributed by atoms with E-state index in [0.717, 1.165) is 5.56 Å². The fraction of sp³-hybridized carbons (Fsp3) is 0.278. The van der Waals surface area contributed by atoms with Crippen LogP contribution in [0.5, 0.6) is 11.5 Å². The number of benzene rings is 4. The monoisotopic (exact) mass is 676 g/mol. The van der Waals surface area contributed by atoms with Crippen molar-refractivity contribution in [2.45, 2.75) is 35.8 Å². The van der Waals surface area contributed by atoms with Gasteiger partial charge in [0.15, 0.2) is 21.5 Å². The Morgan fingerprint density at radius 3 is 2.47 bits per heavy atom. The van der Waals surface area contributed by atoms with E-state index in [2.05, 4.69) is 5.32 Å². The van der Waals surface area contributed by atoms with Crippen molar-refractivity contribution in [1.29, 1.82) is 0 Å². The molecule has 1 amide bonds. The zero-order chi connectivity index (χ0) is 33.3. The maximum absolute atomic E-state index is 14.4. The maximum atomic E-state index is 14.4. The summed E-state index contributed by atoms with van der Waals surface area (Å²) in [5, 5.41) is 12.7. The van der Waals surface area contributed by atoms with Gasteiger partial charge in [-0.1, -0.05) is 54.1 Å². The lowest BCUT2D eigenvalue weighted by molar-refractivity contribution is -0.129. The van der Waals surface area contributed by atoms with Crippen molar-refractivity contribution in [2.24, 2.45) is 4.99 Å². The van der Waals surface area contributed by atoms with Crippen LogP contribution < -0.4 is 14.8 Å². The molecule has 0 bridgehead atoms. The number of hydrogen-bond acceptors (Lipinski definition) is 8. The van der Waals surface area contributed by atoms with Crippen LogP contribution in [0.15, 0.2) is 113 Å². The van der Waals surface area contributed by atoms with Crippen LogP contribution in [0.1, 0.15) is 35.6 Å². The minimum absolute atomic E-state index is 0.0254. The Morgan fingerprint density at radius 2 is 1.74 bits per heavy atom. The van der Waals surface area contributed by atoms with Crippen molar-refractivity contribution < 1.29 is 32.5 Å². The number of aliphatic hydroxyl groups is 1. The van der Waals surface area contributed by atoms with Crippen LogP contribution in [0.2, 0.25) is 5.02 Å². The summed E-state index contributed by atoms with van der Waals surface area (Å²) in [6.07, 6.45) is -0.115. The zero-order valence-electron chi connectivity index (χ0n) is 26.0. The summed E-state index contributed by atoms with van der Waals surface area (Å²) >= 11 is 6.17. The van der Waals surface area contributed by atoms with Gasteiger partial charge in [0.25, 0.3) is 5.91 Å². The summed E-state index contributed by atoms with van der Waals surface area (Å²) in [5.74, 6) is 0.536. The van der Waals surface area contributed by atoms with Gasteiger partial charge < -0.3 is 24.6 Å². The van der Waals surface area contributed by atoms with E-state index >= 15 is 0 Å². The molecule has 47 heavy (non-hydrogen) atoms. The Morgan fingerprint density at radius 1 is 0.979 bits per heavy atom. The number of nitrogens with zero attached hydrogens (tertiary/aromatic N) is 1. The third-order valence-corrected chi connectivity index (χ3v) is 9.84. The van der Waals surface area contributed by atoms with Crippen molar-refractivity contribution in [2.75, 3.05) is 32.6 Å². The highest BCUT2D eigenvalue weighted by molar-refractivity contribution is 7.91. The third kappa shape index (κ3) is 8.32. The highest BCUT2D eigenvalue weighted by atomic mass is 35.5. The largest absolute Gasteiger partial charge is 0.497 e. The van der Waals surface area contributed by atoms with Gasteiger partial charge >= 0.3 is 0 Å². The number of halogens is 1. The number of aliphatic hydroxyl groups excluding tert-OH is 1. The number of carbonyl (C=O) groups is 1. The van der Waals surface area contributed by atoms with Gasteiger partial charge in [0.05, 0.1) is 24.4 Å². The standard InChI is InChI=1S/C36H37ClN2O7S/c1-44-31-11-6-9-28(25-31)33-36(19-23-47(42,43)32-12-3-2-4-13-32,35(41)38-20-18-26-8-5-10-29(37)24-26)39-34(46-33)27-14-16-30(17-15-27)45-22-7-21-40/h2-6,8-17,24-25,33,40H,7,18-23H2,1H3,(H,38,41)/t33-,36-/m1/s1. The highest BCUT2D eigenvalue weighted by Crippen LogP contribution is 2.44. The first-order valence-corrected chi connectivity index (χ1v) is 17.3. The molecular formula is C36H37ClN2O7S. The molecule has 0 aliphatic carbocycles. The van der Waals surface area contributed by atoms with E-state index in [9.17, 15) is 13.2 Å². The van der Waals surface area contributed by atoms with Crippen molar-refractivity contribution in [3.8, 4) is 11.5 Å². The molecule has 0 saturated carbocycles.